The summed E-state index contributed by atoms with van der Waals surface area (Å²) in [6, 6.07) is 11.9. The number of halogens is 2. The van der Waals surface area contributed by atoms with E-state index >= 15 is 0 Å². The minimum absolute atomic E-state index is 0. The minimum Gasteiger partial charge on any atom is -1.00 e. The summed E-state index contributed by atoms with van der Waals surface area (Å²) in [4.78, 5) is 8.38. The van der Waals surface area contributed by atoms with Crippen molar-refractivity contribution >= 4 is 23.2 Å². The Bertz CT molecular complexity index is 846. The molecule has 8 heteroatoms. The summed E-state index contributed by atoms with van der Waals surface area (Å²) in [6.45, 7) is 19.2. The standard InChI is InChI=1S/2C13H19NO.C2H6N.2ClH.Ta/c2*1-9-7-6-8-10(2)11(9)14-12(15)13(3,4)5;1-3-2;;;/h2*6-8H,1-5H3,(H,14,15);1-2H3;2*1H;/q;;-1;;;+5/p-4. The van der Waals surface area contributed by atoms with E-state index in [2.05, 4.69) is 15.3 Å². The molecule has 0 aromatic heterocycles. The zero-order valence-electron chi connectivity index (χ0n) is 23.8. The van der Waals surface area contributed by atoms with E-state index in [0.717, 1.165) is 33.6 Å². The van der Waals surface area contributed by atoms with Gasteiger partial charge in [-0.3, -0.25) is 9.98 Å². The van der Waals surface area contributed by atoms with E-state index in [1.807, 2.05) is 106 Å². The topological polar surface area (TPSA) is 84.9 Å². The molecule has 0 saturated heterocycles. The predicted octanol–water partition coefficient (Wildman–Crippen LogP) is 0.105. The quantitative estimate of drug-likeness (QED) is 0.329. The van der Waals surface area contributed by atoms with Crippen LogP contribution in [0.5, 0.6) is 0 Å². The van der Waals surface area contributed by atoms with E-state index in [9.17, 15) is 10.2 Å². The zero-order chi connectivity index (χ0) is 26.0. The molecule has 0 amide bonds. The molecule has 36 heavy (non-hydrogen) atoms. The average molecular weight is 705 g/mol. The second-order valence-corrected chi connectivity index (χ2v) is 10.3. The van der Waals surface area contributed by atoms with E-state index in [0.29, 0.717) is 0 Å². The molecule has 0 atom stereocenters. The molecule has 0 aliphatic carbocycles. The Morgan fingerprint density at radius 2 is 0.806 bits per heavy atom. The number of aryl methyl sites for hydroxylation is 4. The van der Waals surface area contributed by atoms with Gasteiger partial charge in [0.2, 0.25) is 0 Å². The third-order valence-electron chi connectivity index (χ3n) is 4.59. The summed E-state index contributed by atoms with van der Waals surface area (Å²) in [5.41, 5.74) is 5.01. The Kier molecular flexibility index (Phi) is 21.9. The van der Waals surface area contributed by atoms with Crippen LogP contribution in [-0.2, 0) is 22.4 Å². The molecule has 0 radical (unpaired) electrons. The molecule has 0 aliphatic heterocycles. The van der Waals surface area contributed by atoms with Gasteiger partial charge in [-0.25, -0.2) is 0 Å². The number of hydrogen-bond acceptors (Lipinski definition) is 4. The van der Waals surface area contributed by atoms with Gasteiger partial charge in [0.1, 0.15) is 0 Å². The van der Waals surface area contributed by atoms with Crippen molar-refractivity contribution in [1.82, 2.24) is 0 Å². The van der Waals surface area contributed by atoms with Crippen LogP contribution < -0.4 is 35.0 Å². The molecule has 2 aromatic carbocycles. The summed E-state index contributed by atoms with van der Waals surface area (Å²) < 4.78 is 0. The Morgan fingerprint density at radius 3 is 0.972 bits per heavy atom. The molecular weight excluding hydrogens is 662 g/mol. The van der Waals surface area contributed by atoms with Crippen molar-refractivity contribution in [2.45, 2.75) is 69.2 Å². The maximum Gasteiger partial charge on any atom is 5.00 e. The van der Waals surface area contributed by atoms with Crippen LogP contribution in [0, 0.1) is 38.5 Å². The number of rotatable bonds is 2. The number of hydrogen-bond donors (Lipinski definition) is 0. The van der Waals surface area contributed by atoms with Crippen LogP contribution in [0.2, 0.25) is 0 Å². The van der Waals surface area contributed by atoms with Crippen LogP contribution in [0.3, 0.4) is 0 Å². The van der Waals surface area contributed by atoms with Crippen LogP contribution in [0.25, 0.3) is 5.32 Å². The second kappa shape index (κ2) is 18.8. The van der Waals surface area contributed by atoms with Gasteiger partial charge in [0.25, 0.3) is 0 Å². The first-order valence-corrected chi connectivity index (χ1v) is 11.2. The molecule has 5 nitrogen and oxygen atoms in total. The molecule has 2 rings (SSSR count). The Labute approximate surface area is 247 Å². The van der Waals surface area contributed by atoms with Gasteiger partial charge < -0.3 is 40.3 Å². The summed E-state index contributed by atoms with van der Waals surface area (Å²) in [6.07, 6.45) is 0. The number of aliphatic imine (C=N–C) groups is 2. The van der Waals surface area contributed by atoms with Gasteiger partial charge in [-0.05, 0) is 72.6 Å². The third kappa shape index (κ3) is 15.0. The molecule has 0 unspecified atom stereocenters. The molecule has 2 aromatic rings. The molecule has 0 spiro atoms. The van der Waals surface area contributed by atoms with Crippen molar-refractivity contribution < 1.29 is 57.4 Å². The van der Waals surface area contributed by atoms with E-state index in [1.165, 1.54) is 0 Å². The van der Waals surface area contributed by atoms with Crippen molar-refractivity contribution in [3.05, 3.63) is 64.0 Å². The molecule has 0 N–H and O–H groups in total. The maximum absolute atomic E-state index is 11.8. The molecular formula is C28H42Cl2N3O2Ta. The van der Waals surface area contributed by atoms with Gasteiger partial charge in [0, 0.05) is 0 Å². The monoisotopic (exact) mass is 703 g/mol. The molecule has 0 fully saturated rings. The maximum atomic E-state index is 11.8. The van der Waals surface area contributed by atoms with Gasteiger partial charge in [0.15, 0.2) is 0 Å². The summed E-state index contributed by atoms with van der Waals surface area (Å²) in [5, 5.41) is 27.0. The van der Waals surface area contributed by atoms with Crippen molar-refractivity contribution in [3.8, 4) is 0 Å². The first-order valence-electron chi connectivity index (χ1n) is 11.2. The van der Waals surface area contributed by atoms with Crippen molar-refractivity contribution in [3.63, 3.8) is 0 Å². The first kappa shape index (κ1) is 41.8. The Hall–Kier alpha value is -1.34. The molecule has 200 valence electrons. The van der Waals surface area contributed by atoms with Gasteiger partial charge in [-0.1, -0.05) is 77.9 Å². The normalized spacial score (nSPS) is 11.3. The second-order valence-electron chi connectivity index (χ2n) is 10.3. The van der Waals surface area contributed by atoms with Gasteiger partial charge >= 0.3 is 22.4 Å². The summed E-state index contributed by atoms with van der Waals surface area (Å²) >= 11 is 0. The van der Waals surface area contributed by atoms with Crippen LogP contribution in [-0.4, -0.2) is 25.9 Å². The molecule has 0 aliphatic rings. The Balaban J connectivity index is -0.000000238. The SMILES string of the molecule is C[N-]C.Cc1cccc(C)c1N=C([O-])C(C)(C)C.Cc1cccc(C)c1N=C([O-])C(C)(C)C.[Cl-].[Cl-].[Ta+5]. The van der Waals surface area contributed by atoms with Crippen LogP contribution in [0.4, 0.5) is 11.4 Å². The summed E-state index contributed by atoms with van der Waals surface area (Å²) in [5.74, 6) is -0.139. The number of para-hydroxylation sites is 2. The van der Waals surface area contributed by atoms with Crippen LogP contribution in [0.15, 0.2) is 46.4 Å². The van der Waals surface area contributed by atoms with Crippen LogP contribution in [0.1, 0.15) is 63.8 Å². The van der Waals surface area contributed by atoms with E-state index in [-0.39, 0.29) is 59.0 Å². The molecule has 0 heterocycles. The summed E-state index contributed by atoms with van der Waals surface area (Å²) in [7, 11) is 3.50. The molecule has 0 bridgehead atoms. The average Bonchev–Trinajstić information content (AvgIpc) is 2.67. The van der Waals surface area contributed by atoms with Crippen molar-refractivity contribution in [2.75, 3.05) is 14.1 Å². The van der Waals surface area contributed by atoms with Gasteiger partial charge in [-0.2, -0.15) is 14.1 Å². The first-order chi connectivity index (χ1) is 15.1. The smallest absolute Gasteiger partial charge is 1.00 e. The molecule has 0 saturated carbocycles. The minimum atomic E-state index is -0.408. The van der Waals surface area contributed by atoms with Gasteiger partial charge in [0.05, 0.1) is 11.4 Å². The van der Waals surface area contributed by atoms with Crippen molar-refractivity contribution in [2.24, 2.45) is 20.8 Å². The van der Waals surface area contributed by atoms with Gasteiger partial charge in [-0.15, -0.1) is 0 Å². The zero-order valence-corrected chi connectivity index (χ0v) is 28.6. The van der Waals surface area contributed by atoms with E-state index in [1.54, 1.807) is 14.1 Å². The Morgan fingerprint density at radius 1 is 0.611 bits per heavy atom. The van der Waals surface area contributed by atoms with E-state index < -0.39 is 10.8 Å². The van der Waals surface area contributed by atoms with E-state index in [4.69, 9.17) is 0 Å². The predicted molar refractivity (Wildman–Crippen MR) is 140 cm³/mol. The van der Waals surface area contributed by atoms with Crippen LogP contribution >= 0.6 is 0 Å². The number of nitrogens with zero attached hydrogens (tertiary/aromatic N) is 3. The van der Waals surface area contributed by atoms with Crippen molar-refractivity contribution in [1.29, 1.82) is 0 Å². The third-order valence-corrected chi connectivity index (χ3v) is 4.59. The fraction of sp³-hybridized carbons (Fsp3) is 0.500. The largest absolute Gasteiger partial charge is 5.00 e. The fourth-order valence-corrected chi connectivity index (χ4v) is 2.50. The number of benzene rings is 2. The fourth-order valence-electron chi connectivity index (χ4n) is 2.50.